The number of nitro groups is 1. The van der Waals surface area contributed by atoms with Gasteiger partial charge in [-0.15, -0.1) is 0 Å². The Balaban J connectivity index is 1.84. The van der Waals surface area contributed by atoms with Crippen LogP contribution in [-0.4, -0.2) is 19.9 Å². The number of hydrogen-bond acceptors (Lipinski definition) is 4. The average Bonchev–Trinajstić information content (AvgIpc) is 2.50. The molecule has 1 atom stereocenters. The fourth-order valence-corrected chi connectivity index (χ4v) is 4.28. The van der Waals surface area contributed by atoms with Crippen molar-refractivity contribution < 1.29 is 13.3 Å². The highest BCUT2D eigenvalue weighted by molar-refractivity contribution is 7.89. The second kappa shape index (κ2) is 5.99. The van der Waals surface area contributed by atoms with E-state index in [0.717, 1.165) is 12.0 Å². The van der Waals surface area contributed by atoms with Crippen LogP contribution in [0, 0.1) is 24.0 Å². The monoisotopic (exact) mass is 346 g/mol. The largest absolute Gasteiger partial charge is 0.289 e. The number of aryl methyl sites for hydroxylation is 2. The summed E-state index contributed by atoms with van der Waals surface area (Å²) in [5.41, 5.74) is 3.36. The van der Waals surface area contributed by atoms with Gasteiger partial charge < -0.3 is 0 Å². The van der Waals surface area contributed by atoms with Crippen molar-refractivity contribution in [2.24, 2.45) is 0 Å². The van der Waals surface area contributed by atoms with E-state index >= 15 is 0 Å². The fourth-order valence-electron chi connectivity index (χ4n) is 2.97. The first-order chi connectivity index (χ1) is 11.3. The van der Waals surface area contributed by atoms with Crippen molar-refractivity contribution in [2.75, 3.05) is 6.54 Å². The van der Waals surface area contributed by atoms with Gasteiger partial charge >= 0.3 is 0 Å². The molecule has 126 valence electrons. The molecule has 2 aromatic rings. The highest BCUT2D eigenvalue weighted by Gasteiger charge is 2.30. The molecule has 0 saturated carbocycles. The molecular weight excluding hydrogens is 328 g/mol. The highest BCUT2D eigenvalue weighted by Crippen LogP contribution is 2.34. The Hall–Kier alpha value is -2.25. The first kappa shape index (κ1) is 16.6. The molecule has 0 saturated heterocycles. The summed E-state index contributed by atoms with van der Waals surface area (Å²) >= 11 is 0. The summed E-state index contributed by atoms with van der Waals surface area (Å²) in [6.07, 6.45) is 0.813. The summed E-state index contributed by atoms with van der Waals surface area (Å²) in [5.74, 6) is 0.113. The van der Waals surface area contributed by atoms with Crippen LogP contribution in [0.1, 0.15) is 28.2 Å². The Labute approximate surface area is 140 Å². The lowest BCUT2D eigenvalue weighted by Gasteiger charge is -2.30. The van der Waals surface area contributed by atoms with Crippen LogP contribution >= 0.6 is 0 Å². The third-order valence-corrected chi connectivity index (χ3v) is 6.00. The van der Waals surface area contributed by atoms with Crippen molar-refractivity contribution in [3.63, 3.8) is 0 Å². The van der Waals surface area contributed by atoms with Crippen LogP contribution in [-0.2, 0) is 16.4 Å². The Morgan fingerprint density at radius 1 is 1.21 bits per heavy atom. The number of rotatable bonds is 5. The van der Waals surface area contributed by atoms with Gasteiger partial charge in [0.2, 0.25) is 10.0 Å². The van der Waals surface area contributed by atoms with Crippen molar-refractivity contribution in [1.29, 1.82) is 0 Å². The lowest BCUT2D eigenvalue weighted by molar-refractivity contribution is -0.387. The Morgan fingerprint density at radius 2 is 1.88 bits per heavy atom. The predicted octanol–water partition coefficient (Wildman–Crippen LogP) is 2.83. The van der Waals surface area contributed by atoms with Gasteiger partial charge in [-0.1, -0.05) is 24.3 Å². The molecule has 0 radical (unpaired) electrons. The molecular formula is C17H18N2O4S. The van der Waals surface area contributed by atoms with Crippen LogP contribution < -0.4 is 4.72 Å². The van der Waals surface area contributed by atoms with Gasteiger partial charge in [-0.2, -0.15) is 0 Å². The van der Waals surface area contributed by atoms with E-state index in [0.29, 0.717) is 11.1 Å². The number of benzene rings is 2. The molecule has 1 aliphatic rings. The first-order valence-corrected chi connectivity index (χ1v) is 9.11. The minimum atomic E-state index is -3.94. The van der Waals surface area contributed by atoms with Crippen LogP contribution in [0.4, 0.5) is 5.69 Å². The maximum absolute atomic E-state index is 12.6. The zero-order chi connectivity index (χ0) is 17.5. The van der Waals surface area contributed by atoms with E-state index in [9.17, 15) is 18.5 Å². The van der Waals surface area contributed by atoms with E-state index in [1.807, 2.05) is 24.3 Å². The molecule has 0 spiro atoms. The average molecular weight is 346 g/mol. The minimum absolute atomic E-state index is 0.113. The molecule has 0 fully saturated rings. The first-order valence-electron chi connectivity index (χ1n) is 7.62. The van der Waals surface area contributed by atoms with Crippen LogP contribution in [0.25, 0.3) is 0 Å². The van der Waals surface area contributed by atoms with Crippen LogP contribution in [0.2, 0.25) is 0 Å². The number of nitrogens with one attached hydrogen (secondary N) is 1. The fraction of sp³-hybridized carbons (Fsp3) is 0.294. The maximum Gasteiger partial charge on any atom is 0.289 e. The summed E-state index contributed by atoms with van der Waals surface area (Å²) in [4.78, 5) is 10.3. The smallest absolute Gasteiger partial charge is 0.258 e. The van der Waals surface area contributed by atoms with Gasteiger partial charge in [0.15, 0.2) is 4.90 Å². The third kappa shape index (κ3) is 2.92. The third-order valence-electron chi connectivity index (χ3n) is 4.54. The van der Waals surface area contributed by atoms with Gasteiger partial charge in [0.1, 0.15) is 0 Å². The van der Waals surface area contributed by atoms with Crippen LogP contribution in [0.15, 0.2) is 41.3 Å². The molecule has 0 bridgehead atoms. The lowest BCUT2D eigenvalue weighted by Crippen LogP contribution is -2.33. The Kier molecular flexibility index (Phi) is 4.15. The molecule has 7 heteroatoms. The molecule has 2 aromatic carbocycles. The van der Waals surface area contributed by atoms with Crippen LogP contribution in [0.5, 0.6) is 0 Å². The predicted molar refractivity (Wildman–Crippen MR) is 90.6 cm³/mol. The molecule has 0 aliphatic heterocycles. The van der Waals surface area contributed by atoms with E-state index in [1.165, 1.54) is 17.7 Å². The van der Waals surface area contributed by atoms with Crippen molar-refractivity contribution in [3.05, 3.63) is 68.8 Å². The van der Waals surface area contributed by atoms with Gasteiger partial charge in [-0.3, -0.25) is 10.1 Å². The second-order valence-corrected chi connectivity index (χ2v) is 7.85. The van der Waals surface area contributed by atoms with Crippen molar-refractivity contribution in [1.82, 2.24) is 4.72 Å². The molecule has 0 amide bonds. The Morgan fingerprint density at radius 3 is 2.54 bits per heavy atom. The summed E-state index contributed by atoms with van der Waals surface area (Å²) in [6.45, 7) is 3.70. The number of sulfonamides is 1. The topological polar surface area (TPSA) is 89.3 Å². The molecule has 3 rings (SSSR count). The van der Waals surface area contributed by atoms with Gasteiger partial charge in [-0.05, 0) is 48.6 Å². The number of fused-ring (bicyclic) bond motifs is 1. The SMILES string of the molecule is Cc1cc([N+](=O)[O-])c(S(=O)(=O)NC[C@H]2Cc3ccccc32)cc1C. The van der Waals surface area contributed by atoms with Gasteiger partial charge in [0.05, 0.1) is 4.92 Å². The molecule has 1 aliphatic carbocycles. The van der Waals surface area contributed by atoms with Crippen LogP contribution in [0.3, 0.4) is 0 Å². The zero-order valence-corrected chi connectivity index (χ0v) is 14.3. The number of hydrogen-bond donors (Lipinski definition) is 1. The molecule has 0 aromatic heterocycles. The minimum Gasteiger partial charge on any atom is -0.258 e. The van der Waals surface area contributed by atoms with Crippen molar-refractivity contribution >= 4 is 15.7 Å². The molecule has 1 N–H and O–H groups in total. The van der Waals surface area contributed by atoms with Gasteiger partial charge in [0.25, 0.3) is 5.69 Å². The summed E-state index contributed by atoms with van der Waals surface area (Å²) in [6, 6.07) is 10.6. The quantitative estimate of drug-likeness (QED) is 0.666. The van der Waals surface area contributed by atoms with Crippen molar-refractivity contribution in [3.8, 4) is 0 Å². The van der Waals surface area contributed by atoms with Crippen molar-refractivity contribution in [2.45, 2.75) is 31.1 Å². The highest BCUT2D eigenvalue weighted by atomic mass is 32.2. The van der Waals surface area contributed by atoms with E-state index in [1.54, 1.807) is 13.8 Å². The summed E-state index contributed by atoms with van der Waals surface area (Å²) < 4.78 is 27.7. The normalized spacial score (nSPS) is 16.3. The lowest BCUT2D eigenvalue weighted by atomic mass is 9.78. The van der Waals surface area contributed by atoms with E-state index in [4.69, 9.17) is 0 Å². The summed E-state index contributed by atoms with van der Waals surface area (Å²) in [7, 11) is -3.94. The molecule has 6 nitrogen and oxygen atoms in total. The van der Waals surface area contributed by atoms with Gasteiger partial charge in [0, 0.05) is 18.5 Å². The van der Waals surface area contributed by atoms with Gasteiger partial charge in [-0.25, -0.2) is 13.1 Å². The molecule has 24 heavy (non-hydrogen) atoms. The van der Waals surface area contributed by atoms with E-state index < -0.39 is 14.9 Å². The molecule has 0 heterocycles. The van der Waals surface area contributed by atoms with E-state index in [2.05, 4.69) is 4.72 Å². The second-order valence-electron chi connectivity index (χ2n) is 6.11. The zero-order valence-electron chi connectivity index (χ0n) is 13.4. The number of nitrogens with zero attached hydrogens (tertiary/aromatic N) is 1. The molecule has 0 unspecified atom stereocenters. The standard InChI is InChI=1S/C17H18N2O4S/c1-11-7-16(19(20)21)17(8-12(11)2)24(22,23)18-10-14-9-13-5-3-4-6-15(13)14/h3-8,14,18H,9-10H2,1-2H3/t14-/m1/s1. The summed E-state index contributed by atoms with van der Waals surface area (Å²) in [5, 5.41) is 11.2. The maximum atomic E-state index is 12.6. The Bertz CT molecular complexity index is 922. The number of nitro benzene ring substituents is 1. The van der Waals surface area contributed by atoms with E-state index in [-0.39, 0.29) is 23.0 Å².